The highest BCUT2D eigenvalue weighted by molar-refractivity contribution is 7.16. The number of aromatic nitrogens is 1. The van der Waals surface area contributed by atoms with Crippen LogP contribution in [0.2, 0.25) is 0 Å². The highest BCUT2D eigenvalue weighted by atomic mass is 32.1. The molecule has 1 aromatic heterocycles. The molecular weight excluding hydrogens is 438 g/mol. The van der Waals surface area contributed by atoms with Gasteiger partial charge in [-0.3, -0.25) is 14.3 Å². The van der Waals surface area contributed by atoms with Crippen molar-refractivity contribution in [2.45, 2.75) is 97.1 Å². The first-order valence-electron chi connectivity index (χ1n) is 14.3. The lowest BCUT2D eigenvalue weighted by atomic mass is 9.91. The summed E-state index contributed by atoms with van der Waals surface area (Å²) in [5, 5.41) is 0. The van der Waals surface area contributed by atoms with Gasteiger partial charge in [0, 0.05) is 13.1 Å². The summed E-state index contributed by atoms with van der Waals surface area (Å²) < 4.78 is 3.27. The van der Waals surface area contributed by atoms with E-state index in [1.807, 2.05) is 0 Å². The van der Waals surface area contributed by atoms with Crippen LogP contribution < -0.4 is 4.87 Å². The zero-order valence-corrected chi connectivity index (χ0v) is 22.5. The molecule has 1 aromatic carbocycles. The van der Waals surface area contributed by atoms with Crippen LogP contribution in [0.15, 0.2) is 29.1 Å². The normalized spacial score (nSPS) is 20.3. The molecule has 0 N–H and O–H groups in total. The third-order valence-electron chi connectivity index (χ3n) is 8.46. The van der Waals surface area contributed by atoms with Crippen LogP contribution in [0.4, 0.5) is 0 Å². The van der Waals surface area contributed by atoms with Gasteiger partial charge in [0.05, 0.1) is 16.4 Å². The van der Waals surface area contributed by atoms with Crippen molar-refractivity contribution in [2.24, 2.45) is 11.8 Å². The number of fused-ring (bicyclic) bond motifs is 1. The molecule has 1 atom stereocenters. The average Bonchev–Trinajstić information content (AvgIpc) is 3.21. The Kier molecular flexibility index (Phi) is 10.1. The predicted molar refractivity (Wildman–Crippen MR) is 147 cm³/mol. The molecule has 0 bridgehead atoms. The van der Waals surface area contributed by atoms with Gasteiger partial charge in [-0.15, -0.1) is 0 Å². The van der Waals surface area contributed by atoms with E-state index in [0.717, 1.165) is 41.6 Å². The maximum Gasteiger partial charge on any atom is 0.309 e. The first-order chi connectivity index (χ1) is 16.7. The van der Waals surface area contributed by atoms with Gasteiger partial charge in [-0.1, -0.05) is 75.8 Å². The van der Waals surface area contributed by atoms with Crippen LogP contribution in [-0.4, -0.2) is 47.1 Å². The second-order valence-electron chi connectivity index (χ2n) is 10.9. The molecule has 2 aliphatic heterocycles. The molecule has 0 spiro atoms. The van der Waals surface area contributed by atoms with Crippen LogP contribution >= 0.6 is 11.3 Å². The Morgan fingerprint density at radius 1 is 0.882 bits per heavy atom. The van der Waals surface area contributed by atoms with Gasteiger partial charge in [0.2, 0.25) is 0 Å². The number of para-hydroxylation sites is 1. The first-order valence-corrected chi connectivity index (χ1v) is 15.1. The maximum atomic E-state index is 13.2. The SMILES string of the molecule is CCCCC1CCN(CCCC(N2CCC(CCCC)CC2)n2c(=O)sc3ccccc32)CC1. The van der Waals surface area contributed by atoms with Gasteiger partial charge in [0.15, 0.2) is 0 Å². The third kappa shape index (κ3) is 6.73. The number of unbranched alkanes of at least 4 members (excludes halogenated alkanes) is 2. The van der Waals surface area contributed by atoms with Gasteiger partial charge in [-0.2, -0.15) is 0 Å². The van der Waals surface area contributed by atoms with Crippen LogP contribution in [0.5, 0.6) is 0 Å². The lowest BCUT2D eigenvalue weighted by Gasteiger charge is -2.39. The fourth-order valence-corrected chi connectivity index (χ4v) is 7.19. The molecule has 0 aliphatic carbocycles. The Bertz CT molecular complexity index is 905. The fraction of sp³-hybridized carbons (Fsp3) is 0.759. The Hall–Kier alpha value is -1.17. The summed E-state index contributed by atoms with van der Waals surface area (Å²) in [6, 6.07) is 8.40. The minimum absolute atomic E-state index is 0.206. The van der Waals surface area contributed by atoms with E-state index in [1.165, 1.54) is 102 Å². The van der Waals surface area contributed by atoms with Gasteiger partial charge < -0.3 is 4.90 Å². The Labute approximate surface area is 211 Å². The van der Waals surface area contributed by atoms with E-state index in [0.29, 0.717) is 0 Å². The number of nitrogens with zero attached hydrogens (tertiary/aromatic N) is 3. The van der Waals surface area contributed by atoms with Crippen molar-refractivity contribution in [3.8, 4) is 0 Å². The first kappa shape index (κ1) is 25.9. The lowest BCUT2D eigenvalue weighted by Crippen LogP contribution is -2.42. The van der Waals surface area contributed by atoms with Crippen molar-refractivity contribution < 1.29 is 0 Å². The summed E-state index contributed by atoms with van der Waals surface area (Å²) in [6.45, 7) is 10.6. The minimum atomic E-state index is 0.206. The number of piperidine rings is 2. The molecule has 34 heavy (non-hydrogen) atoms. The topological polar surface area (TPSA) is 28.5 Å². The number of hydrogen-bond donors (Lipinski definition) is 0. The quantitative estimate of drug-likeness (QED) is 0.320. The van der Waals surface area contributed by atoms with Crippen molar-refractivity contribution in [1.82, 2.24) is 14.4 Å². The highest BCUT2D eigenvalue weighted by Gasteiger charge is 2.28. The molecule has 2 saturated heterocycles. The van der Waals surface area contributed by atoms with Crippen LogP contribution in [0.3, 0.4) is 0 Å². The van der Waals surface area contributed by atoms with Gasteiger partial charge in [-0.05, 0) is 82.1 Å². The molecular formula is C29H47N3OS. The molecule has 0 amide bonds. The summed E-state index contributed by atoms with van der Waals surface area (Å²) >= 11 is 1.42. The number of benzene rings is 1. The van der Waals surface area contributed by atoms with E-state index < -0.39 is 0 Å². The smallest absolute Gasteiger partial charge is 0.303 e. The zero-order valence-electron chi connectivity index (χ0n) is 21.7. The minimum Gasteiger partial charge on any atom is -0.303 e. The Balaban J connectivity index is 1.39. The predicted octanol–water partition coefficient (Wildman–Crippen LogP) is 7.15. The van der Waals surface area contributed by atoms with Gasteiger partial charge in [-0.25, -0.2) is 0 Å². The second kappa shape index (κ2) is 13.2. The molecule has 2 aliphatic rings. The van der Waals surface area contributed by atoms with Crippen LogP contribution in [0.1, 0.15) is 97.1 Å². The summed E-state index contributed by atoms with van der Waals surface area (Å²) in [6.07, 6.45) is 16.0. The molecule has 0 saturated carbocycles. The largest absolute Gasteiger partial charge is 0.309 e. The van der Waals surface area contributed by atoms with E-state index in [2.05, 4.69) is 52.5 Å². The van der Waals surface area contributed by atoms with Gasteiger partial charge in [0.1, 0.15) is 0 Å². The molecule has 190 valence electrons. The molecule has 1 unspecified atom stereocenters. The molecule has 4 nitrogen and oxygen atoms in total. The lowest BCUT2D eigenvalue weighted by molar-refractivity contribution is 0.0770. The molecule has 4 rings (SSSR count). The van der Waals surface area contributed by atoms with Crippen LogP contribution in [0, 0.1) is 11.8 Å². The molecule has 3 heterocycles. The number of thiazole rings is 1. The monoisotopic (exact) mass is 485 g/mol. The Morgan fingerprint density at radius 3 is 2.15 bits per heavy atom. The number of rotatable bonds is 12. The summed E-state index contributed by atoms with van der Waals surface area (Å²) in [5.41, 5.74) is 1.13. The molecule has 2 aromatic rings. The van der Waals surface area contributed by atoms with Gasteiger partial charge >= 0.3 is 4.87 Å². The highest BCUT2D eigenvalue weighted by Crippen LogP contribution is 2.31. The summed E-state index contributed by atoms with van der Waals surface area (Å²) in [4.78, 5) is 18.7. The maximum absolute atomic E-state index is 13.2. The van der Waals surface area contributed by atoms with Crippen molar-refractivity contribution in [3.63, 3.8) is 0 Å². The summed E-state index contributed by atoms with van der Waals surface area (Å²) in [7, 11) is 0. The van der Waals surface area contributed by atoms with Crippen molar-refractivity contribution in [2.75, 3.05) is 32.7 Å². The van der Waals surface area contributed by atoms with Crippen LogP contribution in [-0.2, 0) is 0 Å². The van der Waals surface area contributed by atoms with E-state index in [9.17, 15) is 4.79 Å². The zero-order chi connectivity index (χ0) is 23.8. The van der Waals surface area contributed by atoms with E-state index in [-0.39, 0.29) is 11.0 Å². The van der Waals surface area contributed by atoms with Crippen LogP contribution in [0.25, 0.3) is 10.2 Å². The molecule has 0 radical (unpaired) electrons. The summed E-state index contributed by atoms with van der Waals surface area (Å²) in [5.74, 6) is 1.83. The van der Waals surface area contributed by atoms with E-state index in [1.54, 1.807) is 0 Å². The number of likely N-dealkylation sites (tertiary alicyclic amines) is 2. The van der Waals surface area contributed by atoms with Crippen molar-refractivity contribution in [3.05, 3.63) is 33.9 Å². The average molecular weight is 486 g/mol. The molecule has 2 fully saturated rings. The second-order valence-corrected chi connectivity index (χ2v) is 11.9. The van der Waals surface area contributed by atoms with E-state index >= 15 is 0 Å². The van der Waals surface area contributed by atoms with Gasteiger partial charge in [0.25, 0.3) is 0 Å². The van der Waals surface area contributed by atoms with E-state index in [4.69, 9.17) is 0 Å². The fourth-order valence-electron chi connectivity index (χ4n) is 6.26. The standard InChI is InChI=1S/C29H47N3OS/c1-3-5-10-24-15-20-30(21-16-24)19-9-14-28(31-22-17-25(18-23-31)11-6-4-2)32-26-12-7-8-13-27(26)34-29(32)33/h7-8,12-13,24-25,28H,3-6,9-11,14-23H2,1-2H3. The van der Waals surface area contributed by atoms with Crippen molar-refractivity contribution in [1.29, 1.82) is 0 Å². The molecule has 5 heteroatoms. The van der Waals surface area contributed by atoms with Crippen molar-refractivity contribution >= 4 is 21.6 Å². The number of hydrogen-bond acceptors (Lipinski definition) is 4. The Morgan fingerprint density at radius 2 is 1.50 bits per heavy atom. The third-order valence-corrected chi connectivity index (χ3v) is 9.40.